The highest BCUT2D eigenvalue weighted by Crippen LogP contribution is 2.27. The lowest BCUT2D eigenvalue weighted by molar-refractivity contribution is -0.140. The molecule has 0 bridgehead atoms. The number of rotatable bonds is 14. The molecule has 1 atom stereocenters. The zero-order valence-corrected chi connectivity index (χ0v) is 25.8. The summed E-state index contributed by atoms with van der Waals surface area (Å²) >= 11 is 0. The predicted octanol–water partition coefficient (Wildman–Crippen LogP) is 5.34. The number of ether oxygens (including phenoxy) is 1. The Balaban J connectivity index is 1.79. The van der Waals surface area contributed by atoms with Crippen molar-refractivity contribution in [2.75, 3.05) is 24.0 Å². The van der Waals surface area contributed by atoms with E-state index in [2.05, 4.69) is 5.32 Å². The highest BCUT2D eigenvalue weighted by Gasteiger charge is 2.34. The van der Waals surface area contributed by atoms with Gasteiger partial charge >= 0.3 is 0 Å². The molecule has 0 fully saturated rings. The summed E-state index contributed by atoms with van der Waals surface area (Å²) in [6.07, 6.45) is 0.146. The maximum absolute atomic E-state index is 14.3. The monoisotopic (exact) mass is 635 g/mol. The Hall–Kier alpha value is -4.77. The molecule has 11 heteroatoms. The van der Waals surface area contributed by atoms with Crippen LogP contribution in [0.4, 0.5) is 14.5 Å². The number of likely N-dealkylation sites (N-methyl/N-ethyl adjacent to an activating group) is 1. The first-order valence-corrected chi connectivity index (χ1v) is 15.9. The van der Waals surface area contributed by atoms with Crippen molar-refractivity contribution < 1.29 is 31.5 Å². The number of benzene rings is 4. The second kappa shape index (κ2) is 15.3. The molecule has 236 valence electrons. The Morgan fingerprint density at radius 3 is 1.98 bits per heavy atom. The van der Waals surface area contributed by atoms with Crippen LogP contribution in [-0.4, -0.2) is 50.9 Å². The summed E-state index contributed by atoms with van der Waals surface area (Å²) in [6, 6.07) is 24.1. The molecule has 4 aromatic carbocycles. The molecule has 0 radical (unpaired) electrons. The van der Waals surface area contributed by atoms with E-state index in [1.165, 1.54) is 41.3 Å². The molecule has 0 aliphatic carbocycles. The summed E-state index contributed by atoms with van der Waals surface area (Å²) < 4.78 is 61.9. The molecule has 0 aromatic heterocycles. The predicted molar refractivity (Wildman–Crippen MR) is 168 cm³/mol. The van der Waals surface area contributed by atoms with Gasteiger partial charge < -0.3 is 15.0 Å². The van der Waals surface area contributed by atoms with E-state index in [4.69, 9.17) is 4.74 Å². The molecule has 45 heavy (non-hydrogen) atoms. The fourth-order valence-electron chi connectivity index (χ4n) is 4.77. The van der Waals surface area contributed by atoms with Gasteiger partial charge in [0.05, 0.1) is 17.2 Å². The lowest BCUT2D eigenvalue weighted by Crippen LogP contribution is -2.53. The van der Waals surface area contributed by atoms with Gasteiger partial charge in [-0.05, 0) is 85.6 Å². The SMILES string of the molecule is CCNC(=O)C(Cc1ccccc1)N(Cc1ccc(F)cc1)C(=O)CN(c1ccc(OCC)cc1)S(=O)(=O)c1ccc(F)cc1. The van der Waals surface area contributed by atoms with E-state index >= 15 is 0 Å². The van der Waals surface area contributed by atoms with Gasteiger partial charge in [0.15, 0.2) is 0 Å². The average molecular weight is 636 g/mol. The van der Waals surface area contributed by atoms with Gasteiger partial charge in [-0.3, -0.25) is 13.9 Å². The highest BCUT2D eigenvalue weighted by molar-refractivity contribution is 7.92. The van der Waals surface area contributed by atoms with E-state index < -0.39 is 46.1 Å². The van der Waals surface area contributed by atoms with Gasteiger partial charge in [-0.25, -0.2) is 17.2 Å². The fraction of sp³-hybridized carbons (Fsp3) is 0.235. The van der Waals surface area contributed by atoms with Crippen LogP contribution in [0, 0.1) is 11.6 Å². The van der Waals surface area contributed by atoms with Crippen LogP contribution in [0.25, 0.3) is 0 Å². The van der Waals surface area contributed by atoms with E-state index in [1.54, 1.807) is 19.1 Å². The maximum atomic E-state index is 14.3. The normalized spacial score (nSPS) is 11.8. The quantitative estimate of drug-likeness (QED) is 0.202. The van der Waals surface area contributed by atoms with Crippen molar-refractivity contribution in [3.63, 3.8) is 0 Å². The fourth-order valence-corrected chi connectivity index (χ4v) is 6.18. The zero-order valence-electron chi connectivity index (χ0n) is 25.0. The van der Waals surface area contributed by atoms with Crippen LogP contribution in [0.1, 0.15) is 25.0 Å². The Kier molecular flexibility index (Phi) is 11.3. The molecular weight excluding hydrogens is 600 g/mol. The number of hydrogen-bond donors (Lipinski definition) is 1. The standard InChI is InChI=1S/C34H35F2N3O5S/c1-3-37-34(41)32(22-25-8-6-5-7-9-25)38(23-26-10-12-27(35)13-11-26)33(40)24-39(29-16-18-30(19-17-29)44-4-2)45(42,43)31-20-14-28(36)15-21-31/h5-21,32H,3-4,22-24H2,1-2H3,(H,37,41). The van der Waals surface area contributed by atoms with Crippen molar-refractivity contribution >= 4 is 27.5 Å². The van der Waals surface area contributed by atoms with Gasteiger partial charge in [-0.2, -0.15) is 0 Å². The second-order valence-electron chi connectivity index (χ2n) is 10.1. The summed E-state index contributed by atoms with van der Waals surface area (Å²) in [5, 5.41) is 2.79. The van der Waals surface area contributed by atoms with Crippen LogP contribution in [0.15, 0.2) is 108 Å². The molecule has 0 spiro atoms. The number of carbonyl (C=O) groups excluding carboxylic acids is 2. The van der Waals surface area contributed by atoms with Gasteiger partial charge in [0.25, 0.3) is 10.0 Å². The summed E-state index contributed by atoms with van der Waals surface area (Å²) in [7, 11) is -4.39. The molecule has 8 nitrogen and oxygen atoms in total. The molecule has 0 aliphatic rings. The van der Waals surface area contributed by atoms with E-state index in [-0.39, 0.29) is 23.5 Å². The van der Waals surface area contributed by atoms with Crippen molar-refractivity contribution in [3.8, 4) is 5.75 Å². The molecule has 4 aromatic rings. The molecule has 2 amide bonds. The molecule has 0 saturated carbocycles. The minimum Gasteiger partial charge on any atom is -0.494 e. The number of amides is 2. The van der Waals surface area contributed by atoms with Crippen molar-refractivity contribution in [2.24, 2.45) is 0 Å². The number of carbonyl (C=O) groups is 2. The molecule has 1 unspecified atom stereocenters. The summed E-state index contributed by atoms with van der Waals surface area (Å²) in [5.41, 5.74) is 1.49. The van der Waals surface area contributed by atoms with Crippen LogP contribution in [0.3, 0.4) is 0 Å². The van der Waals surface area contributed by atoms with Crippen LogP contribution in [0.2, 0.25) is 0 Å². The molecule has 4 rings (SSSR count). The number of nitrogens with one attached hydrogen (secondary N) is 1. The summed E-state index contributed by atoms with van der Waals surface area (Å²) in [4.78, 5) is 28.9. The van der Waals surface area contributed by atoms with Gasteiger partial charge in [0, 0.05) is 19.5 Å². The lowest BCUT2D eigenvalue weighted by Gasteiger charge is -2.33. The third-order valence-corrected chi connectivity index (χ3v) is 8.79. The number of anilines is 1. The van der Waals surface area contributed by atoms with Gasteiger partial charge in [-0.1, -0.05) is 42.5 Å². The molecular formula is C34H35F2N3O5S. The number of halogens is 2. The van der Waals surface area contributed by atoms with Gasteiger partial charge in [0.2, 0.25) is 11.8 Å². The van der Waals surface area contributed by atoms with Crippen molar-refractivity contribution in [3.05, 3.63) is 126 Å². The smallest absolute Gasteiger partial charge is 0.264 e. The molecule has 0 aliphatic heterocycles. The third kappa shape index (κ3) is 8.66. The first kappa shape index (κ1) is 33.1. The number of nitrogens with zero attached hydrogens (tertiary/aromatic N) is 2. The lowest BCUT2D eigenvalue weighted by atomic mass is 10.0. The number of sulfonamides is 1. The third-order valence-electron chi connectivity index (χ3n) is 7.00. The topological polar surface area (TPSA) is 96.0 Å². The van der Waals surface area contributed by atoms with Gasteiger partial charge in [-0.15, -0.1) is 0 Å². The number of hydrogen-bond acceptors (Lipinski definition) is 5. The Morgan fingerprint density at radius 2 is 1.40 bits per heavy atom. The van der Waals surface area contributed by atoms with Crippen molar-refractivity contribution in [2.45, 2.75) is 37.8 Å². The maximum Gasteiger partial charge on any atom is 0.264 e. The Labute approximate surface area is 262 Å². The molecule has 1 N–H and O–H groups in total. The largest absolute Gasteiger partial charge is 0.494 e. The van der Waals surface area contributed by atoms with Crippen molar-refractivity contribution in [1.82, 2.24) is 10.2 Å². The highest BCUT2D eigenvalue weighted by atomic mass is 32.2. The zero-order chi connectivity index (χ0) is 32.4. The van der Waals surface area contributed by atoms with Crippen LogP contribution >= 0.6 is 0 Å². The Morgan fingerprint density at radius 1 is 0.800 bits per heavy atom. The average Bonchev–Trinajstić information content (AvgIpc) is 3.03. The first-order valence-electron chi connectivity index (χ1n) is 14.5. The van der Waals surface area contributed by atoms with Gasteiger partial charge in [0.1, 0.15) is 30.0 Å². The van der Waals surface area contributed by atoms with E-state index in [0.29, 0.717) is 24.5 Å². The summed E-state index contributed by atoms with van der Waals surface area (Å²) in [6.45, 7) is 3.50. The van der Waals surface area contributed by atoms with E-state index in [0.717, 1.165) is 34.1 Å². The minimum atomic E-state index is -4.39. The van der Waals surface area contributed by atoms with E-state index in [1.807, 2.05) is 37.3 Å². The molecule has 0 saturated heterocycles. The minimum absolute atomic E-state index is 0.0958. The Bertz CT molecular complexity index is 1670. The van der Waals surface area contributed by atoms with Crippen LogP contribution < -0.4 is 14.4 Å². The van der Waals surface area contributed by atoms with Crippen LogP contribution in [0.5, 0.6) is 5.75 Å². The van der Waals surface area contributed by atoms with Crippen LogP contribution in [-0.2, 0) is 32.6 Å². The van der Waals surface area contributed by atoms with E-state index in [9.17, 15) is 26.8 Å². The van der Waals surface area contributed by atoms with Crippen molar-refractivity contribution in [1.29, 1.82) is 0 Å². The second-order valence-corrected chi connectivity index (χ2v) is 12.0. The molecule has 0 heterocycles. The first-order chi connectivity index (χ1) is 21.6. The summed E-state index contributed by atoms with van der Waals surface area (Å²) in [5.74, 6) is -1.68.